The maximum atomic E-state index is 12.1. The second-order valence-corrected chi connectivity index (χ2v) is 11.5. The van der Waals surface area contributed by atoms with Crippen LogP contribution in [0.25, 0.3) is 11.3 Å². The Hall–Kier alpha value is -4.51. The highest BCUT2D eigenvalue weighted by Gasteiger charge is 2.30. The molecule has 3 aliphatic rings. The standard InChI is InChI=1S/C32H38N8O5/c1-21(41)31(42)40-9-6-26(7-10-40)45-28-4-3-22(15-23(28)17-33)27-5-8-34-32(37-27)36-24-16-29(43-2)30(35-18-24)39-13-11-38(12-14-39)25-19-44-20-25/h3-5,8,15-16,18,21,25-26,41H,6-7,9-14,19-20H2,1-2H3,(H,34,36,37)/t21-/m1/s1. The highest BCUT2D eigenvalue weighted by Crippen LogP contribution is 2.32. The minimum absolute atomic E-state index is 0.125. The monoisotopic (exact) mass is 614 g/mol. The number of benzene rings is 1. The number of piperazine rings is 1. The molecule has 0 aliphatic carbocycles. The van der Waals surface area contributed by atoms with Gasteiger partial charge in [0.1, 0.15) is 24.0 Å². The van der Waals surface area contributed by atoms with Crippen LogP contribution in [0.2, 0.25) is 0 Å². The Kier molecular flexibility index (Phi) is 9.25. The van der Waals surface area contributed by atoms with E-state index in [0.717, 1.165) is 50.8 Å². The number of nitrogens with one attached hydrogen (secondary N) is 1. The largest absolute Gasteiger partial charge is 0.493 e. The number of aliphatic hydroxyl groups is 1. The molecule has 0 saturated carbocycles. The van der Waals surface area contributed by atoms with E-state index < -0.39 is 6.10 Å². The van der Waals surface area contributed by atoms with Crippen LogP contribution in [0.4, 0.5) is 17.5 Å². The van der Waals surface area contributed by atoms with Crippen LogP contribution in [-0.4, -0.2) is 114 Å². The Morgan fingerprint density at radius 2 is 1.87 bits per heavy atom. The number of methoxy groups -OCH3 is 1. The van der Waals surface area contributed by atoms with Gasteiger partial charge in [-0.25, -0.2) is 15.0 Å². The number of nitrogens with zero attached hydrogens (tertiary/aromatic N) is 7. The lowest BCUT2D eigenvalue weighted by Crippen LogP contribution is -2.56. The van der Waals surface area contributed by atoms with Crippen LogP contribution < -0.4 is 19.7 Å². The van der Waals surface area contributed by atoms with E-state index in [0.29, 0.717) is 66.4 Å². The number of hydrogen-bond acceptors (Lipinski definition) is 12. The van der Waals surface area contributed by atoms with Gasteiger partial charge in [0, 0.05) is 69.9 Å². The van der Waals surface area contributed by atoms with Gasteiger partial charge >= 0.3 is 0 Å². The highest BCUT2D eigenvalue weighted by molar-refractivity contribution is 5.80. The number of aliphatic hydroxyl groups excluding tert-OH is 1. The molecule has 1 atom stereocenters. The van der Waals surface area contributed by atoms with Crippen molar-refractivity contribution in [2.45, 2.75) is 38.0 Å². The second kappa shape index (κ2) is 13.6. The molecular formula is C32H38N8O5. The van der Waals surface area contributed by atoms with Crippen LogP contribution in [0.3, 0.4) is 0 Å². The van der Waals surface area contributed by atoms with Crippen LogP contribution in [0, 0.1) is 11.3 Å². The number of nitriles is 1. The zero-order chi connectivity index (χ0) is 31.3. The fourth-order valence-corrected chi connectivity index (χ4v) is 5.85. The summed E-state index contributed by atoms with van der Waals surface area (Å²) in [7, 11) is 1.64. The number of pyridine rings is 1. The quantitative estimate of drug-likeness (QED) is 0.365. The number of piperidine rings is 1. The molecule has 1 amide bonds. The van der Waals surface area contributed by atoms with Crippen LogP contribution in [0.15, 0.2) is 42.7 Å². The van der Waals surface area contributed by atoms with Gasteiger partial charge in [0.15, 0.2) is 11.6 Å². The minimum Gasteiger partial charge on any atom is -0.493 e. The molecule has 1 aromatic carbocycles. The van der Waals surface area contributed by atoms with Crippen LogP contribution in [0.5, 0.6) is 11.5 Å². The molecule has 3 saturated heterocycles. The fraction of sp³-hybridized carbons (Fsp3) is 0.469. The van der Waals surface area contributed by atoms with E-state index in [4.69, 9.17) is 19.2 Å². The molecule has 13 nitrogen and oxygen atoms in total. The van der Waals surface area contributed by atoms with Crippen molar-refractivity contribution in [2.75, 3.05) is 69.8 Å². The number of carbonyl (C=O) groups excluding carboxylic acids is 1. The smallest absolute Gasteiger partial charge is 0.251 e. The van der Waals surface area contributed by atoms with Crippen LogP contribution in [-0.2, 0) is 9.53 Å². The maximum Gasteiger partial charge on any atom is 0.251 e. The summed E-state index contributed by atoms with van der Waals surface area (Å²) >= 11 is 0. The highest BCUT2D eigenvalue weighted by atomic mass is 16.5. The third-order valence-corrected chi connectivity index (χ3v) is 8.52. The van der Waals surface area contributed by atoms with Gasteiger partial charge in [0.2, 0.25) is 5.95 Å². The van der Waals surface area contributed by atoms with Crippen LogP contribution >= 0.6 is 0 Å². The van der Waals surface area contributed by atoms with Crippen molar-refractivity contribution in [1.29, 1.82) is 5.26 Å². The molecule has 236 valence electrons. The molecule has 5 heterocycles. The van der Waals surface area contributed by atoms with Gasteiger partial charge in [-0.15, -0.1) is 0 Å². The topological polar surface area (TPSA) is 149 Å². The first-order valence-corrected chi connectivity index (χ1v) is 15.3. The summed E-state index contributed by atoms with van der Waals surface area (Å²) in [5.74, 6) is 2.09. The molecule has 45 heavy (non-hydrogen) atoms. The Balaban J connectivity index is 1.10. The zero-order valence-electron chi connectivity index (χ0n) is 25.6. The summed E-state index contributed by atoms with van der Waals surface area (Å²) < 4.78 is 17.2. The zero-order valence-corrected chi connectivity index (χ0v) is 25.6. The number of amides is 1. The Morgan fingerprint density at radius 1 is 1.09 bits per heavy atom. The van der Waals surface area contributed by atoms with Crippen LogP contribution in [0.1, 0.15) is 25.3 Å². The molecule has 0 unspecified atom stereocenters. The Morgan fingerprint density at radius 3 is 2.53 bits per heavy atom. The Labute approximate surface area is 262 Å². The number of rotatable bonds is 9. The van der Waals surface area contributed by atoms with Gasteiger partial charge in [0.25, 0.3) is 5.91 Å². The lowest BCUT2D eigenvalue weighted by atomic mass is 10.1. The summed E-state index contributed by atoms with van der Waals surface area (Å²) in [6, 6.07) is 11.9. The van der Waals surface area contributed by atoms with Gasteiger partial charge in [0.05, 0.1) is 49.5 Å². The van der Waals surface area contributed by atoms with Crippen molar-refractivity contribution in [3.05, 3.63) is 48.3 Å². The first kappa shape index (κ1) is 30.5. The van der Waals surface area contributed by atoms with Crippen molar-refractivity contribution in [2.24, 2.45) is 0 Å². The van der Waals surface area contributed by atoms with E-state index in [1.165, 1.54) is 6.92 Å². The molecular weight excluding hydrogens is 576 g/mol. The number of hydrogen-bond donors (Lipinski definition) is 2. The summed E-state index contributed by atoms with van der Waals surface area (Å²) in [5, 5.41) is 22.7. The molecule has 0 radical (unpaired) electrons. The summed E-state index contributed by atoms with van der Waals surface area (Å²) in [4.78, 5) is 32.2. The average molecular weight is 615 g/mol. The molecule has 6 rings (SSSR count). The first-order valence-electron chi connectivity index (χ1n) is 15.3. The molecule has 3 fully saturated rings. The van der Waals surface area contributed by atoms with Gasteiger partial charge in [-0.2, -0.15) is 5.26 Å². The fourth-order valence-electron chi connectivity index (χ4n) is 5.85. The SMILES string of the molecule is COc1cc(Nc2nccc(-c3ccc(OC4CCN(C(=O)[C@@H](C)O)CC4)c(C#N)c3)n2)cnc1N1CCN(C2COC2)CC1. The van der Waals surface area contributed by atoms with E-state index in [2.05, 4.69) is 31.2 Å². The lowest BCUT2D eigenvalue weighted by molar-refractivity contribution is -0.141. The average Bonchev–Trinajstić information content (AvgIpc) is 3.04. The van der Waals surface area contributed by atoms with E-state index in [-0.39, 0.29) is 12.0 Å². The normalized spacial score (nSPS) is 18.5. The number of anilines is 3. The lowest BCUT2D eigenvalue weighted by Gasteiger charge is -2.43. The van der Waals surface area contributed by atoms with Crippen molar-refractivity contribution < 1.29 is 24.1 Å². The summed E-state index contributed by atoms with van der Waals surface area (Å²) in [6.45, 7) is 7.80. The summed E-state index contributed by atoms with van der Waals surface area (Å²) in [5.41, 5.74) is 2.49. The maximum absolute atomic E-state index is 12.1. The molecule has 13 heteroatoms. The number of ether oxygens (including phenoxy) is 3. The summed E-state index contributed by atoms with van der Waals surface area (Å²) in [6.07, 6.45) is 3.53. The second-order valence-electron chi connectivity index (χ2n) is 11.5. The first-order chi connectivity index (χ1) is 21.9. The number of likely N-dealkylation sites (tertiary alicyclic amines) is 1. The van der Waals surface area contributed by atoms with Crippen molar-refractivity contribution >= 4 is 23.4 Å². The molecule has 0 spiro atoms. The van der Waals surface area contributed by atoms with Crippen molar-refractivity contribution in [1.82, 2.24) is 24.8 Å². The molecule has 3 aliphatic heterocycles. The Bertz CT molecular complexity index is 1540. The van der Waals surface area contributed by atoms with Gasteiger partial charge in [-0.3, -0.25) is 9.69 Å². The number of carbonyl (C=O) groups is 1. The van der Waals surface area contributed by atoms with Crippen molar-refractivity contribution in [3.63, 3.8) is 0 Å². The van der Waals surface area contributed by atoms with Crippen molar-refractivity contribution in [3.8, 4) is 28.8 Å². The number of aromatic nitrogens is 3. The molecule has 2 aromatic heterocycles. The van der Waals surface area contributed by atoms with E-state index in [9.17, 15) is 15.2 Å². The minimum atomic E-state index is -1.01. The van der Waals surface area contributed by atoms with E-state index in [1.54, 1.807) is 42.6 Å². The van der Waals surface area contributed by atoms with Gasteiger partial charge in [-0.05, 0) is 31.2 Å². The predicted octanol–water partition coefficient (Wildman–Crippen LogP) is 2.43. The van der Waals surface area contributed by atoms with E-state index in [1.807, 2.05) is 12.1 Å². The molecule has 2 N–H and O–H groups in total. The third kappa shape index (κ3) is 6.93. The van der Waals surface area contributed by atoms with E-state index >= 15 is 0 Å². The molecule has 0 bridgehead atoms. The molecule has 3 aromatic rings. The van der Waals surface area contributed by atoms with Gasteiger partial charge < -0.3 is 34.4 Å². The third-order valence-electron chi connectivity index (χ3n) is 8.52. The predicted molar refractivity (Wildman–Crippen MR) is 167 cm³/mol. The van der Waals surface area contributed by atoms with Gasteiger partial charge in [-0.1, -0.05) is 0 Å².